The lowest BCUT2D eigenvalue weighted by Crippen LogP contribution is -2.31. The summed E-state index contributed by atoms with van der Waals surface area (Å²) < 4.78 is 13.4. The highest BCUT2D eigenvalue weighted by molar-refractivity contribution is 5.89. The minimum atomic E-state index is -0.361. The van der Waals surface area contributed by atoms with Crippen molar-refractivity contribution in [3.63, 3.8) is 0 Å². The van der Waals surface area contributed by atoms with Gasteiger partial charge >= 0.3 is 0 Å². The van der Waals surface area contributed by atoms with Crippen LogP contribution < -0.4 is 10.2 Å². The van der Waals surface area contributed by atoms with Crippen molar-refractivity contribution in [2.75, 3.05) is 36.5 Å². The average Bonchev–Trinajstić information content (AvgIpc) is 3.03. The van der Waals surface area contributed by atoms with Gasteiger partial charge in [-0.05, 0) is 18.2 Å². The van der Waals surface area contributed by atoms with Gasteiger partial charge in [0.05, 0.1) is 24.8 Å². The van der Waals surface area contributed by atoms with E-state index in [1.807, 2.05) is 0 Å². The fourth-order valence-corrected chi connectivity index (χ4v) is 2.32. The second-order valence-corrected chi connectivity index (χ2v) is 5.07. The van der Waals surface area contributed by atoms with E-state index in [-0.39, 0.29) is 32.1 Å². The Labute approximate surface area is 137 Å². The van der Waals surface area contributed by atoms with E-state index < -0.39 is 0 Å². The molecule has 0 amide bonds. The summed E-state index contributed by atoms with van der Waals surface area (Å²) >= 11 is 0. The summed E-state index contributed by atoms with van der Waals surface area (Å²) in [6.45, 7) is 0.354. The molecule has 0 fully saturated rings. The number of nitrogens with zero attached hydrogens (tertiary/aromatic N) is 4. The highest BCUT2D eigenvalue weighted by Gasteiger charge is 2.15. The van der Waals surface area contributed by atoms with Gasteiger partial charge in [0.25, 0.3) is 0 Å². The number of rotatable bonds is 7. The number of aliphatic hydroxyl groups excluding tert-OH is 2. The van der Waals surface area contributed by atoms with Crippen LogP contribution in [0.25, 0.3) is 11.0 Å². The summed E-state index contributed by atoms with van der Waals surface area (Å²) in [5.74, 6) is 0.420. The minimum Gasteiger partial charge on any atom is -0.395 e. The normalized spacial score (nSPS) is 11.0. The molecular formula is C15H17FN6O2. The van der Waals surface area contributed by atoms with Crippen molar-refractivity contribution in [1.29, 1.82) is 0 Å². The monoisotopic (exact) mass is 332 g/mol. The fraction of sp³-hybridized carbons (Fsp3) is 0.267. The lowest BCUT2D eigenvalue weighted by molar-refractivity contribution is 0.280. The van der Waals surface area contributed by atoms with Crippen LogP contribution in [0.1, 0.15) is 0 Å². The third-order valence-corrected chi connectivity index (χ3v) is 3.41. The Hall–Kier alpha value is -2.78. The number of halogens is 1. The van der Waals surface area contributed by atoms with Crippen molar-refractivity contribution in [3.8, 4) is 0 Å². The second kappa shape index (κ2) is 7.20. The topological polar surface area (TPSA) is 110 Å². The van der Waals surface area contributed by atoms with E-state index in [0.29, 0.717) is 28.5 Å². The van der Waals surface area contributed by atoms with Gasteiger partial charge < -0.3 is 20.4 Å². The van der Waals surface area contributed by atoms with Crippen molar-refractivity contribution >= 4 is 28.5 Å². The second-order valence-electron chi connectivity index (χ2n) is 5.07. The first-order chi connectivity index (χ1) is 11.7. The highest BCUT2D eigenvalue weighted by Crippen LogP contribution is 2.25. The zero-order valence-electron chi connectivity index (χ0n) is 12.8. The molecule has 126 valence electrons. The van der Waals surface area contributed by atoms with Gasteiger partial charge in [-0.2, -0.15) is 15.1 Å². The SMILES string of the molecule is OCCN(CCO)c1nc(Nc2cccc(F)c2)c2cn[nH]c2n1. The number of benzene rings is 1. The number of nitrogens with one attached hydrogen (secondary N) is 2. The number of hydrogen-bond donors (Lipinski definition) is 4. The predicted octanol–water partition coefficient (Wildman–Crippen LogP) is 1.03. The molecule has 0 bridgehead atoms. The molecule has 0 aliphatic heterocycles. The summed E-state index contributed by atoms with van der Waals surface area (Å²) in [5.41, 5.74) is 1.04. The lowest BCUT2D eigenvalue weighted by Gasteiger charge is -2.21. The first-order valence-electron chi connectivity index (χ1n) is 7.41. The van der Waals surface area contributed by atoms with Crippen molar-refractivity contribution < 1.29 is 14.6 Å². The number of fused-ring (bicyclic) bond motifs is 1. The van der Waals surface area contributed by atoms with Crippen LogP contribution in [0.4, 0.5) is 21.8 Å². The zero-order chi connectivity index (χ0) is 16.9. The Kier molecular flexibility index (Phi) is 4.82. The Morgan fingerprint density at radius 3 is 2.67 bits per heavy atom. The van der Waals surface area contributed by atoms with Gasteiger partial charge in [-0.3, -0.25) is 5.10 Å². The Bertz CT molecular complexity index is 819. The molecule has 0 unspecified atom stereocenters. The Balaban J connectivity index is 2.00. The minimum absolute atomic E-state index is 0.100. The van der Waals surface area contributed by atoms with E-state index in [9.17, 15) is 14.6 Å². The number of aromatic nitrogens is 4. The number of anilines is 3. The first kappa shape index (κ1) is 16.1. The van der Waals surface area contributed by atoms with Crippen LogP contribution in [0.3, 0.4) is 0 Å². The van der Waals surface area contributed by atoms with Gasteiger partial charge in [-0.1, -0.05) is 6.07 Å². The summed E-state index contributed by atoms with van der Waals surface area (Å²) in [5, 5.41) is 28.8. The maximum Gasteiger partial charge on any atom is 0.229 e. The molecule has 0 radical (unpaired) electrons. The van der Waals surface area contributed by atoms with E-state index in [4.69, 9.17) is 0 Å². The Morgan fingerprint density at radius 1 is 1.17 bits per heavy atom. The molecule has 9 heteroatoms. The van der Waals surface area contributed by atoms with Crippen LogP contribution >= 0.6 is 0 Å². The van der Waals surface area contributed by atoms with Crippen LogP contribution in [0.15, 0.2) is 30.5 Å². The van der Waals surface area contributed by atoms with Crippen molar-refractivity contribution in [1.82, 2.24) is 20.2 Å². The van der Waals surface area contributed by atoms with Gasteiger partial charge in [-0.15, -0.1) is 0 Å². The van der Waals surface area contributed by atoms with Crippen molar-refractivity contribution in [2.24, 2.45) is 0 Å². The van der Waals surface area contributed by atoms with E-state index in [1.54, 1.807) is 23.2 Å². The van der Waals surface area contributed by atoms with E-state index in [1.165, 1.54) is 12.1 Å². The summed E-state index contributed by atoms with van der Waals surface area (Å²) in [6.07, 6.45) is 1.57. The van der Waals surface area contributed by atoms with Crippen molar-refractivity contribution in [3.05, 3.63) is 36.3 Å². The standard InChI is InChI=1S/C15H17FN6O2/c16-10-2-1-3-11(8-10)18-13-12-9-17-21-14(12)20-15(19-13)22(4-6-23)5-7-24/h1-3,8-9,23-24H,4-7H2,(H2,17,18,19,20,21). The molecule has 0 spiro atoms. The van der Waals surface area contributed by atoms with Gasteiger partial charge in [0.15, 0.2) is 5.65 Å². The maximum atomic E-state index is 13.4. The lowest BCUT2D eigenvalue weighted by atomic mass is 10.3. The average molecular weight is 332 g/mol. The van der Waals surface area contributed by atoms with Crippen LogP contribution in [0.2, 0.25) is 0 Å². The van der Waals surface area contributed by atoms with Gasteiger partial charge in [-0.25, -0.2) is 4.39 Å². The largest absolute Gasteiger partial charge is 0.395 e. The first-order valence-corrected chi connectivity index (χ1v) is 7.41. The van der Waals surface area contributed by atoms with Crippen LogP contribution in [-0.4, -0.2) is 56.7 Å². The summed E-state index contributed by atoms with van der Waals surface area (Å²) in [4.78, 5) is 10.4. The molecule has 3 aromatic rings. The van der Waals surface area contributed by atoms with Crippen LogP contribution in [0.5, 0.6) is 0 Å². The third-order valence-electron chi connectivity index (χ3n) is 3.41. The molecule has 2 aromatic heterocycles. The molecule has 0 aliphatic carbocycles. The molecule has 4 N–H and O–H groups in total. The molecule has 3 rings (SSSR count). The molecular weight excluding hydrogens is 315 g/mol. The number of aromatic amines is 1. The van der Waals surface area contributed by atoms with E-state index >= 15 is 0 Å². The smallest absolute Gasteiger partial charge is 0.229 e. The summed E-state index contributed by atoms with van der Waals surface area (Å²) in [6, 6.07) is 6.02. The van der Waals surface area contributed by atoms with Gasteiger partial charge in [0.1, 0.15) is 11.6 Å². The Morgan fingerprint density at radius 2 is 1.96 bits per heavy atom. The molecule has 8 nitrogen and oxygen atoms in total. The summed E-state index contributed by atoms with van der Waals surface area (Å²) in [7, 11) is 0. The highest BCUT2D eigenvalue weighted by atomic mass is 19.1. The zero-order valence-corrected chi connectivity index (χ0v) is 12.8. The van der Waals surface area contributed by atoms with Crippen LogP contribution in [-0.2, 0) is 0 Å². The molecule has 0 atom stereocenters. The van der Waals surface area contributed by atoms with Crippen LogP contribution in [0, 0.1) is 5.82 Å². The predicted molar refractivity (Wildman–Crippen MR) is 87.8 cm³/mol. The molecule has 0 saturated heterocycles. The fourth-order valence-electron chi connectivity index (χ4n) is 2.32. The van der Waals surface area contributed by atoms with E-state index in [2.05, 4.69) is 25.5 Å². The molecule has 2 heterocycles. The number of aliphatic hydroxyl groups is 2. The molecule has 24 heavy (non-hydrogen) atoms. The van der Waals surface area contributed by atoms with Crippen molar-refractivity contribution in [2.45, 2.75) is 0 Å². The van der Waals surface area contributed by atoms with E-state index in [0.717, 1.165) is 0 Å². The quantitative estimate of drug-likeness (QED) is 0.511. The number of hydrogen-bond acceptors (Lipinski definition) is 7. The third kappa shape index (κ3) is 3.42. The maximum absolute atomic E-state index is 13.4. The van der Waals surface area contributed by atoms with Gasteiger partial charge in [0, 0.05) is 18.8 Å². The molecule has 0 saturated carbocycles. The molecule has 1 aromatic carbocycles. The number of H-pyrrole nitrogens is 1. The van der Waals surface area contributed by atoms with Gasteiger partial charge in [0.2, 0.25) is 5.95 Å². The molecule has 0 aliphatic rings.